The van der Waals surface area contributed by atoms with Crippen LogP contribution in [0.5, 0.6) is 0 Å². The van der Waals surface area contributed by atoms with Gasteiger partial charge < -0.3 is 11.1 Å². The average Bonchev–Trinajstić information content (AvgIpc) is 2.68. The number of hydrogen-bond donors (Lipinski definition) is 2. The van der Waals surface area contributed by atoms with Crippen molar-refractivity contribution >= 4 is 5.91 Å². The van der Waals surface area contributed by atoms with Crippen molar-refractivity contribution in [2.24, 2.45) is 11.7 Å². The molecule has 0 heterocycles. The molecule has 0 saturated heterocycles. The monoisotopic (exact) mass is 281 g/mol. The normalized spacial score (nSPS) is 23.9. The van der Waals surface area contributed by atoms with Crippen LogP contribution in [0.1, 0.15) is 25.7 Å². The zero-order valence-electron chi connectivity index (χ0n) is 11.2. The van der Waals surface area contributed by atoms with Gasteiger partial charge in [-0.25, -0.2) is 0 Å². The number of halogens is 3. The van der Waals surface area contributed by atoms with Gasteiger partial charge in [0.05, 0.1) is 6.54 Å². The van der Waals surface area contributed by atoms with E-state index in [-0.39, 0.29) is 17.9 Å². The lowest BCUT2D eigenvalue weighted by Crippen LogP contribution is -2.35. The fourth-order valence-electron chi connectivity index (χ4n) is 2.34. The molecule has 0 bridgehead atoms. The van der Waals surface area contributed by atoms with Crippen LogP contribution in [-0.2, 0) is 4.79 Å². The number of nitrogens with zero attached hydrogens (tertiary/aromatic N) is 1. The lowest BCUT2D eigenvalue weighted by atomic mass is 10.1. The molecule has 1 saturated carbocycles. The maximum absolute atomic E-state index is 12.1. The van der Waals surface area contributed by atoms with Crippen molar-refractivity contribution < 1.29 is 18.0 Å². The number of hydrogen-bond acceptors (Lipinski definition) is 3. The Morgan fingerprint density at radius 1 is 1.42 bits per heavy atom. The van der Waals surface area contributed by atoms with Crippen molar-refractivity contribution in [3.8, 4) is 0 Å². The Balaban J connectivity index is 2.09. The molecule has 4 nitrogen and oxygen atoms in total. The molecule has 0 aromatic rings. The molecule has 7 heteroatoms. The standard InChI is InChI=1S/C12H22F3N3O/c1-18(8-12(13,14)15)6-2-5-17-11(19)9-3-4-10(16)7-9/h9-10H,2-8,16H2,1H3,(H,17,19). The third kappa shape index (κ3) is 6.77. The molecule has 0 aromatic carbocycles. The number of amides is 1. The van der Waals surface area contributed by atoms with Crippen LogP contribution in [0.3, 0.4) is 0 Å². The van der Waals surface area contributed by atoms with Gasteiger partial charge in [-0.3, -0.25) is 9.69 Å². The quantitative estimate of drug-likeness (QED) is 0.717. The molecule has 112 valence electrons. The lowest BCUT2D eigenvalue weighted by molar-refractivity contribution is -0.143. The highest BCUT2D eigenvalue weighted by molar-refractivity contribution is 5.78. The lowest BCUT2D eigenvalue weighted by Gasteiger charge is -2.18. The van der Waals surface area contributed by atoms with Crippen molar-refractivity contribution in [1.82, 2.24) is 10.2 Å². The largest absolute Gasteiger partial charge is 0.401 e. The highest BCUT2D eigenvalue weighted by Crippen LogP contribution is 2.23. The fraction of sp³-hybridized carbons (Fsp3) is 0.917. The van der Waals surface area contributed by atoms with Gasteiger partial charge in [-0.1, -0.05) is 0 Å². The molecule has 19 heavy (non-hydrogen) atoms. The second kappa shape index (κ2) is 7.09. The van der Waals surface area contributed by atoms with Gasteiger partial charge in [0, 0.05) is 18.5 Å². The van der Waals surface area contributed by atoms with Crippen LogP contribution in [0, 0.1) is 5.92 Å². The van der Waals surface area contributed by atoms with Crippen molar-refractivity contribution in [1.29, 1.82) is 0 Å². The number of rotatable bonds is 6. The number of alkyl halides is 3. The van der Waals surface area contributed by atoms with Crippen molar-refractivity contribution in [3.63, 3.8) is 0 Å². The van der Waals surface area contributed by atoms with E-state index >= 15 is 0 Å². The van der Waals surface area contributed by atoms with E-state index in [0.29, 0.717) is 25.9 Å². The summed E-state index contributed by atoms with van der Waals surface area (Å²) >= 11 is 0. The predicted molar refractivity (Wildman–Crippen MR) is 66.5 cm³/mol. The van der Waals surface area contributed by atoms with Crippen molar-refractivity contribution in [2.45, 2.75) is 37.9 Å². The average molecular weight is 281 g/mol. The first-order chi connectivity index (χ1) is 8.78. The molecular weight excluding hydrogens is 259 g/mol. The first-order valence-electron chi connectivity index (χ1n) is 6.56. The second-order valence-electron chi connectivity index (χ2n) is 5.27. The molecule has 0 aliphatic heterocycles. The first kappa shape index (κ1) is 16.2. The van der Waals surface area contributed by atoms with E-state index in [1.165, 1.54) is 11.9 Å². The van der Waals surface area contributed by atoms with E-state index < -0.39 is 12.7 Å². The van der Waals surface area contributed by atoms with Gasteiger partial charge in [-0.2, -0.15) is 13.2 Å². The van der Waals surface area contributed by atoms with Crippen LogP contribution in [-0.4, -0.2) is 49.7 Å². The number of carbonyl (C=O) groups is 1. The van der Waals surface area contributed by atoms with E-state index in [2.05, 4.69) is 5.32 Å². The predicted octanol–water partition coefficient (Wildman–Crippen LogP) is 1.11. The zero-order chi connectivity index (χ0) is 14.5. The third-order valence-corrected chi connectivity index (χ3v) is 3.31. The van der Waals surface area contributed by atoms with Crippen LogP contribution in [0.4, 0.5) is 13.2 Å². The van der Waals surface area contributed by atoms with Gasteiger partial charge in [-0.05, 0) is 39.3 Å². The Morgan fingerprint density at radius 2 is 2.11 bits per heavy atom. The number of carbonyl (C=O) groups excluding carboxylic acids is 1. The Kier molecular flexibility index (Phi) is 6.06. The Morgan fingerprint density at radius 3 is 2.63 bits per heavy atom. The first-order valence-corrected chi connectivity index (χ1v) is 6.56. The minimum absolute atomic E-state index is 0.0218. The van der Waals surface area contributed by atoms with Crippen LogP contribution in [0.25, 0.3) is 0 Å². The van der Waals surface area contributed by atoms with Crippen molar-refractivity contribution in [2.75, 3.05) is 26.7 Å². The molecule has 1 rings (SSSR count). The molecule has 2 unspecified atom stereocenters. The summed E-state index contributed by atoms with van der Waals surface area (Å²) in [6, 6.07) is 0.105. The van der Waals surface area contributed by atoms with Crippen LogP contribution < -0.4 is 11.1 Å². The summed E-state index contributed by atoms with van der Waals surface area (Å²) in [4.78, 5) is 12.9. The molecule has 1 aliphatic rings. The summed E-state index contributed by atoms with van der Waals surface area (Å²) in [6.07, 6.45) is -1.28. The topological polar surface area (TPSA) is 58.4 Å². The molecule has 0 radical (unpaired) electrons. The summed E-state index contributed by atoms with van der Waals surface area (Å²) in [7, 11) is 1.42. The van der Waals surface area contributed by atoms with E-state index in [1.54, 1.807) is 0 Å². The molecule has 1 aliphatic carbocycles. The van der Waals surface area contributed by atoms with Crippen LogP contribution in [0.15, 0.2) is 0 Å². The van der Waals surface area contributed by atoms with Crippen LogP contribution >= 0.6 is 0 Å². The van der Waals surface area contributed by atoms with Gasteiger partial charge in [0.2, 0.25) is 5.91 Å². The highest BCUT2D eigenvalue weighted by Gasteiger charge is 2.29. The van der Waals surface area contributed by atoms with Gasteiger partial charge in [0.25, 0.3) is 0 Å². The molecule has 1 fully saturated rings. The van der Waals surface area contributed by atoms with E-state index in [0.717, 1.165) is 12.8 Å². The Labute approximate surface area is 111 Å². The minimum Gasteiger partial charge on any atom is -0.356 e. The summed E-state index contributed by atoms with van der Waals surface area (Å²) in [6.45, 7) is -0.199. The number of nitrogens with one attached hydrogen (secondary N) is 1. The molecule has 0 aromatic heterocycles. The Bertz CT molecular complexity index is 296. The Hall–Kier alpha value is -0.820. The molecule has 0 spiro atoms. The van der Waals surface area contributed by atoms with E-state index in [4.69, 9.17) is 5.73 Å². The smallest absolute Gasteiger partial charge is 0.356 e. The number of nitrogens with two attached hydrogens (primary N) is 1. The zero-order valence-corrected chi connectivity index (χ0v) is 11.2. The van der Waals surface area contributed by atoms with Crippen LogP contribution in [0.2, 0.25) is 0 Å². The SMILES string of the molecule is CN(CCCNC(=O)C1CCC(N)C1)CC(F)(F)F. The second-order valence-corrected chi connectivity index (χ2v) is 5.27. The summed E-state index contributed by atoms with van der Waals surface area (Å²) < 4.78 is 36.2. The van der Waals surface area contributed by atoms with Crippen molar-refractivity contribution in [3.05, 3.63) is 0 Å². The maximum atomic E-state index is 12.1. The van der Waals surface area contributed by atoms with Gasteiger partial charge >= 0.3 is 6.18 Å². The highest BCUT2D eigenvalue weighted by atomic mass is 19.4. The molecule has 2 atom stereocenters. The summed E-state index contributed by atoms with van der Waals surface area (Å²) in [5, 5.41) is 2.76. The van der Waals surface area contributed by atoms with Gasteiger partial charge in [0.1, 0.15) is 0 Å². The fourth-order valence-corrected chi connectivity index (χ4v) is 2.34. The maximum Gasteiger partial charge on any atom is 0.401 e. The summed E-state index contributed by atoms with van der Waals surface area (Å²) in [5.74, 6) is -0.0469. The minimum atomic E-state index is -4.17. The van der Waals surface area contributed by atoms with Gasteiger partial charge in [0.15, 0.2) is 0 Å². The summed E-state index contributed by atoms with van der Waals surface area (Å²) in [5.41, 5.74) is 5.72. The molecule has 3 N–H and O–H groups in total. The molecule has 1 amide bonds. The van der Waals surface area contributed by atoms with E-state index in [1.807, 2.05) is 0 Å². The third-order valence-electron chi connectivity index (χ3n) is 3.31. The van der Waals surface area contributed by atoms with E-state index in [9.17, 15) is 18.0 Å². The van der Waals surface area contributed by atoms with Gasteiger partial charge in [-0.15, -0.1) is 0 Å². The molecular formula is C12H22F3N3O.